The molecule has 4 nitrogen and oxygen atoms in total. The second-order valence-electron chi connectivity index (χ2n) is 3.29. The normalized spacial score (nSPS) is 11.2. The first-order valence-electron chi connectivity index (χ1n) is 4.76. The van der Waals surface area contributed by atoms with Crippen molar-refractivity contribution in [3.63, 3.8) is 0 Å². The molecule has 0 aliphatic rings. The fourth-order valence-corrected chi connectivity index (χ4v) is 2.11. The summed E-state index contributed by atoms with van der Waals surface area (Å²) in [7, 11) is 1.91. The Hall–Kier alpha value is -1.16. The Morgan fingerprint density at radius 2 is 2.38 bits per heavy atom. The number of pyridine rings is 1. The number of alkyl halides is 1. The molecule has 0 aromatic carbocycles. The van der Waals surface area contributed by atoms with Crippen LogP contribution in [0.1, 0.15) is 12.5 Å². The zero-order chi connectivity index (χ0) is 12.0. The average molecular weight is 329 g/mol. The summed E-state index contributed by atoms with van der Waals surface area (Å²) in [6.45, 7) is 2.55. The molecule has 0 fully saturated rings. The Bertz CT molecular complexity index is 405. The van der Waals surface area contributed by atoms with Crippen molar-refractivity contribution < 1.29 is 21.2 Å². The molecule has 0 saturated carbocycles. The van der Waals surface area contributed by atoms with Crippen LogP contribution in [0.2, 0.25) is 0 Å². The van der Waals surface area contributed by atoms with Crippen molar-refractivity contribution in [2.45, 2.75) is 13.5 Å². The average Bonchev–Trinajstić information content (AvgIpc) is 2.30. The van der Waals surface area contributed by atoms with Gasteiger partial charge in [-0.1, -0.05) is 0 Å². The molecular weight excluding hydrogens is 315 g/mol. The summed E-state index contributed by atoms with van der Waals surface area (Å²) in [5, 5.41) is 8.45. The van der Waals surface area contributed by atoms with Crippen LogP contribution < -0.4 is 21.2 Å². The molecule has 0 spiro atoms. The van der Waals surface area contributed by atoms with Crippen LogP contribution in [0.3, 0.4) is 0 Å². The van der Waals surface area contributed by atoms with Crippen molar-refractivity contribution in [3.8, 4) is 6.19 Å². The third kappa shape index (κ3) is 3.77. The number of amidine groups is 1. The molecule has 0 saturated heterocycles. The summed E-state index contributed by atoms with van der Waals surface area (Å²) in [5.41, 5.74) is 1.14. The molecule has 1 aromatic rings. The molecule has 1 heterocycles. The molecule has 0 amide bonds. The van der Waals surface area contributed by atoms with Gasteiger partial charge in [0, 0.05) is 0 Å². The molecule has 0 radical (unpaired) electrons. The van der Waals surface area contributed by atoms with Crippen LogP contribution in [0, 0.1) is 15.2 Å². The van der Waals surface area contributed by atoms with Gasteiger partial charge in [-0.15, -0.1) is 0 Å². The van der Waals surface area contributed by atoms with Gasteiger partial charge in [-0.3, -0.25) is 0 Å². The molecule has 0 bridgehead atoms. The molecule has 86 valence electrons. The van der Waals surface area contributed by atoms with E-state index in [2.05, 4.69) is 27.0 Å². The summed E-state index contributed by atoms with van der Waals surface area (Å²) in [6, 6.07) is 4.16. The summed E-state index contributed by atoms with van der Waals surface area (Å²) >= 11 is 0.0652. The molecule has 0 unspecified atom stereocenters. The fourth-order valence-electron chi connectivity index (χ4n) is 1.16. The third-order valence-electron chi connectivity index (χ3n) is 2.17. The molecule has 0 N–H and O–H groups in total. The van der Waals surface area contributed by atoms with Gasteiger partial charge in [-0.25, -0.2) is 0 Å². The van der Waals surface area contributed by atoms with Crippen molar-refractivity contribution >= 4 is 5.84 Å². The summed E-state index contributed by atoms with van der Waals surface area (Å²) in [5.74, 6) is 0.717. The van der Waals surface area contributed by atoms with Crippen molar-refractivity contribution in [2.24, 2.45) is 4.99 Å². The van der Waals surface area contributed by atoms with Crippen LogP contribution in [0.25, 0.3) is 0 Å². The zero-order valence-corrected chi connectivity index (χ0v) is 11.8. The van der Waals surface area contributed by atoms with Gasteiger partial charge < -0.3 is 0 Å². The van der Waals surface area contributed by atoms with Gasteiger partial charge in [0.2, 0.25) is 0 Å². The SMILES string of the molecule is C[I-]c1ccc(CN(C)C(C)=NC#N)cn1. The van der Waals surface area contributed by atoms with Gasteiger partial charge in [-0.2, -0.15) is 0 Å². The van der Waals surface area contributed by atoms with E-state index in [1.165, 1.54) is 3.70 Å². The number of rotatable bonds is 3. The van der Waals surface area contributed by atoms with Crippen molar-refractivity contribution in [1.29, 1.82) is 5.26 Å². The number of aliphatic imine (C=N–C) groups is 1. The molecule has 16 heavy (non-hydrogen) atoms. The van der Waals surface area contributed by atoms with E-state index in [9.17, 15) is 0 Å². The first kappa shape index (κ1) is 12.9. The molecule has 0 aliphatic carbocycles. The van der Waals surface area contributed by atoms with Crippen LogP contribution >= 0.6 is 0 Å². The number of hydrogen-bond donors (Lipinski definition) is 0. The van der Waals surface area contributed by atoms with Crippen LogP contribution in [0.5, 0.6) is 0 Å². The monoisotopic (exact) mass is 329 g/mol. The van der Waals surface area contributed by atoms with Gasteiger partial charge in [0.05, 0.1) is 0 Å². The Morgan fingerprint density at radius 3 is 2.88 bits per heavy atom. The van der Waals surface area contributed by atoms with E-state index in [1.54, 1.807) is 6.19 Å². The van der Waals surface area contributed by atoms with Crippen LogP contribution in [-0.2, 0) is 6.54 Å². The molecule has 5 heteroatoms. The van der Waals surface area contributed by atoms with Gasteiger partial charge in [0.15, 0.2) is 0 Å². The van der Waals surface area contributed by atoms with E-state index in [0.717, 1.165) is 17.9 Å². The first-order chi connectivity index (χ1) is 7.67. The van der Waals surface area contributed by atoms with E-state index in [-0.39, 0.29) is 21.2 Å². The van der Waals surface area contributed by atoms with Crippen molar-refractivity contribution in [1.82, 2.24) is 9.88 Å². The van der Waals surface area contributed by atoms with Crippen LogP contribution in [-0.4, -0.2) is 27.7 Å². The molecule has 1 rings (SSSR count). The maximum atomic E-state index is 8.45. The predicted molar refractivity (Wildman–Crippen MR) is 59.0 cm³/mol. The van der Waals surface area contributed by atoms with Crippen LogP contribution in [0.4, 0.5) is 0 Å². The number of hydrogen-bond acceptors (Lipinski definition) is 3. The second-order valence-corrected chi connectivity index (χ2v) is 5.48. The minimum absolute atomic E-state index is 0.0652. The van der Waals surface area contributed by atoms with Gasteiger partial charge in [0.1, 0.15) is 0 Å². The molecule has 0 atom stereocenters. The second kappa shape index (κ2) is 6.43. The number of nitriles is 1. The van der Waals surface area contributed by atoms with Crippen LogP contribution in [0.15, 0.2) is 23.3 Å². The molecule has 1 aromatic heterocycles. The van der Waals surface area contributed by atoms with Gasteiger partial charge in [0.25, 0.3) is 0 Å². The standard InChI is InChI=1S/C11H14IN4/c1-9(15-8-13)16(3)7-10-4-5-11(12-2)14-6-10/h4-6H,7H2,1-3H3/q-1. The van der Waals surface area contributed by atoms with Crippen molar-refractivity contribution in [2.75, 3.05) is 12.0 Å². The molecular formula is C11H14IN4-. The first-order valence-corrected chi connectivity index (χ1v) is 8.00. The number of nitrogens with zero attached hydrogens (tertiary/aromatic N) is 4. The Kier molecular flexibility index (Phi) is 5.19. The Morgan fingerprint density at radius 1 is 1.62 bits per heavy atom. The summed E-state index contributed by atoms with van der Waals surface area (Å²) < 4.78 is 1.20. The number of halogens is 1. The Balaban J connectivity index is 2.67. The summed E-state index contributed by atoms with van der Waals surface area (Å²) in [6.07, 6.45) is 3.68. The van der Waals surface area contributed by atoms with E-state index in [1.807, 2.05) is 25.1 Å². The van der Waals surface area contributed by atoms with Crippen molar-refractivity contribution in [3.05, 3.63) is 27.6 Å². The Labute approximate surface area is 106 Å². The molecule has 0 aliphatic heterocycles. The minimum atomic E-state index is 0.0652. The number of aromatic nitrogens is 1. The summed E-state index contributed by atoms with van der Waals surface area (Å²) in [4.78, 5) is 12.2. The zero-order valence-electron chi connectivity index (χ0n) is 9.61. The van der Waals surface area contributed by atoms with Gasteiger partial charge >= 0.3 is 106 Å². The third-order valence-corrected chi connectivity index (χ3v) is 3.91. The van der Waals surface area contributed by atoms with E-state index in [0.29, 0.717) is 0 Å². The van der Waals surface area contributed by atoms with Gasteiger partial charge in [-0.05, 0) is 0 Å². The quantitative estimate of drug-likeness (QED) is 0.166. The van der Waals surface area contributed by atoms with E-state index >= 15 is 0 Å². The maximum absolute atomic E-state index is 8.45. The fraction of sp³-hybridized carbons (Fsp3) is 0.364. The topological polar surface area (TPSA) is 52.3 Å². The van der Waals surface area contributed by atoms with E-state index in [4.69, 9.17) is 5.26 Å². The van der Waals surface area contributed by atoms with E-state index < -0.39 is 0 Å². The predicted octanol–water partition coefficient (Wildman–Crippen LogP) is -1.70.